The number of halogens is 3. The van der Waals surface area contributed by atoms with E-state index in [4.69, 9.17) is 15.6 Å². The summed E-state index contributed by atoms with van der Waals surface area (Å²) in [5, 5.41) is 9.16. The molecule has 3 aromatic carbocycles. The van der Waals surface area contributed by atoms with Crippen LogP contribution in [0.25, 0.3) is 11.3 Å². The van der Waals surface area contributed by atoms with E-state index in [-0.39, 0.29) is 11.5 Å². The fourth-order valence-corrected chi connectivity index (χ4v) is 4.26. The summed E-state index contributed by atoms with van der Waals surface area (Å²) in [6.45, 7) is 0.0357. The number of nitrogens with zero attached hydrogens (tertiary/aromatic N) is 1. The molecular weight excluding hydrogens is 463 g/mol. The van der Waals surface area contributed by atoms with Gasteiger partial charge < -0.3 is 20.6 Å². The summed E-state index contributed by atoms with van der Waals surface area (Å²) < 4.78 is 47.5. The Bertz CT molecular complexity index is 1250. The second-order valence-electron chi connectivity index (χ2n) is 7.53. The number of H-pyrrole nitrogens is 1. The van der Waals surface area contributed by atoms with Crippen molar-refractivity contribution in [3.8, 4) is 17.0 Å². The van der Waals surface area contributed by atoms with Crippen LogP contribution in [-0.2, 0) is 12.8 Å². The Hall–Kier alpha value is -3.27. The fourth-order valence-electron chi connectivity index (χ4n) is 3.26. The predicted molar refractivity (Wildman–Crippen MR) is 124 cm³/mol. The average molecular weight is 486 g/mol. The molecule has 0 saturated carbocycles. The van der Waals surface area contributed by atoms with E-state index in [0.717, 1.165) is 23.4 Å². The SMILES string of the molecule is N[C@@H](CO)c1ncc(-c2ccc(Sc3cccc(OCc4ccccc4)c3)c(C(F)(F)F)c2)[nH]1. The molecule has 5 nitrogen and oxygen atoms in total. The van der Waals surface area contributed by atoms with Gasteiger partial charge in [0.1, 0.15) is 18.2 Å². The first-order valence-corrected chi connectivity index (χ1v) is 11.2. The molecule has 0 fully saturated rings. The van der Waals surface area contributed by atoms with Gasteiger partial charge in [-0.15, -0.1) is 0 Å². The summed E-state index contributed by atoms with van der Waals surface area (Å²) in [5.74, 6) is 0.876. The van der Waals surface area contributed by atoms with Gasteiger partial charge >= 0.3 is 6.18 Å². The van der Waals surface area contributed by atoms with E-state index in [1.54, 1.807) is 30.3 Å². The van der Waals surface area contributed by atoms with Crippen molar-refractivity contribution >= 4 is 11.8 Å². The lowest BCUT2D eigenvalue weighted by Gasteiger charge is -2.14. The van der Waals surface area contributed by atoms with Crippen molar-refractivity contribution in [3.63, 3.8) is 0 Å². The van der Waals surface area contributed by atoms with E-state index >= 15 is 0 Å². The van der Waals surface area contributed by atoms with Gasteiger partial charge in [0.25, 0.3) is 0 Å². The fraction of sp³-hybridized carbons (Fsp3) is 0.160. The average Bonchev–Trinajstić information content (AvgIpc) is 3.33. The van der Waals surface area contributed by atoms with Crippen LogP contribution in [-0.4, -0.2) is 21.7 Å². The summed E-state index contributed by atoms with van der Waals surface area (Å²) in [5.41, 5.74) is 6.67. The van der Waals surface area contributed by atoms with Gasteiger partial charge in [-0.3, -0.25) is 0 Å². The van der Waals surface area contributed by atoms with Crippen LogP contribution in [0.5, 0.6) is 5.75 Å². The summed E-state index contributed by atoms with van der Waals surface area (Å²) in [6.07, 6.45) is -3.15. The van der Waals surface area contributed by atoms with Gasteiger partial charge in [-0.25, -0.2) is 4.98 Å². The predicted octanol–water partition coefficient (Wildman–Crippen LogP) is 5.82. The van der Waals surface area contributed by atoms with E-state index in [0.29, 0.717) is 34.3 Å². The zero-order valence-electron chi connectivity index (χ0n) is 17.9. The highest BCUT2D eigenvalue weighted by Crippen LogP contribution is 2.42. The van der Waals surface area contributed by atoms with Crippen molar-refractivity contribution in [3.05, 3.63) is 95.9 Å². The van der Waals surface area contributed by atoms with Crippen molar-refractivity contribution in [2.24, 2.45) is 5.73 Å². The molecule has 4 aromatic rings. The molecule has 0 spiro atoms. The number of benzene rings is 3. The lowest BCUT2D eigenvalue weighted by molar-refractivity contribution is -0.139. The Balaban J connectivity index is 1.56. The zero-order valence-corrected chi connectivity index (χ0v) is 18.7. The molecule has 176 valence electrons. The smallest absolute Gasteiger partial charge is 0.417 e. The van der Waals surface area contributed by atoms with Crippen molar-refractivity contribution in [2.75, 3.05) is 6.61 Å². The molecule has 0 aliphatic heterocycles. The molecule has 0 radical (unpaired) electrons. The van der Waals surface area contributed by atoms with Crippen LogP contribution >= 0.6 is 11.8 Å². The van der Waals surface area contributed by atoms with Gasteiger partial charge in [-0.05, 0) is 35.9 Å². The van der Waals surface area contributed by atoms with Crippen molar-refractivity contribution in [2.45, 2.75) is 28.6 Å². The largest absolute Gasteiger partial charge is 0.489 e. The van der Waals surface area contributed by atoms with Crippen LogP contribution in [0.4, 0.5) is 13.2 Å². The zero-order chi connectivity index (χ0) is 24.1. The maximum absolute atomic E-state index is 13.9. The van der Waals surface area contributed by atoms with Crippen molar-refractivity contribution in [1.29, 1.82) is 0 Å². The number of aromatic amines is 1. The Labute approximate surface area is 198 Å². The third-order valence-corrected chi connectivity index (χ3v) is 6.09. The number of nitrogens with two attached hydrogens (primary N) is 1. The first-order chi connectivity index (χ1) is 16.3. The minimum absolute atomic E-state index is 0.0725. The second-order valence-corrected chi connectivity index (χ2v) is 8.65. The van der Waals surface area contributed by atoms with Gasteiger partial charge in [0.15, 0.2) is 0 Å². The van der Waals surface area contributed by atoms with Crippen LogP contribution < -0.4 is 10.5 Å². The van der Waals surface area contributed by atoms with Gasteiger partial charge in [0.05, 0.1) is 30.1 Å². The lowest BCUT2D eigenvalue weighted by Crippen LogP contribution is -2.15. The molecule has 9 heteroatoms. The maximum atomic E-state index is 13.9. The van der Waals surface area contributed by atoms with Crippen LogP contribution in [0.3, 0.4) is 0 Å². The normalized spacial score (nSPS) is 12.5. The minimum Gasteiger partial charge on any atom is -0.489 e. The molecule has 0 saturated heterocycles. The number of aromatic nitrogens is 2. The van der Waals surface area contributed by atoms with Crippen LogP contribution in [0.2, 0.25) is 0 Å². The molecule has 0 aliphatic carbocycles. The van der Waals surface area contributed by atoms with Gasteiger partial charge in [-0.2, -0.15) is 13.2 Å². The number of hydrogen-bond acceptors (Lipinski definition) is 5. The minimum atomic E-state index is -4.55. The van der Waals surface area contributed by atoms with Crippen molar-refractivity contribution < 1.29 is 23.0 Å². The second kappa shape index (κ2) is 10.3. The molecule has 1 atom stereocenters. The molecule has 1 aromatic heterocycles. The maximum Gasteiger partial charge on any atom is 0.417 e. The molecule has 0 amide bonds. The van der Waals surface area contributed by atoms with E-state index in [1.807, 2.05) is 30.3 Å². The van der Waals surface area contributed by atoms with E-state index in [2.05, 4.69) is 9.97 Å². The molecule has 4 N–H and O–H groups in total. The number of rotatable bonds is 8. The third-order valence-electron chi connectivity index (χ3n) is 5.02. The van der Waals surface area contributed by atoms with Crippen molar-refractivity contribution in [1.82, 2.24) is 9.97 Å². The number of hydrogen-bond donors (Lipinski definition) is 3. The summed E-state index contributed by atoms with van der Waals surface area (Å²) in [4.78, 5) is 7.63. The number of ether oxygens (including phenoxy) is 1. The molecule has 1 heterocycles. The van der Waals surface area contributed by atoms with Crippen LogP contribution in [0.1, 0.15) is 23.0 Å². The van der Waals surface area contributed by atoms with Gasteiger partial charge in [-0.1, -0.05) is 54.2 Å². The standard InChI is InChI=1S/C25H22F3N3O2S/c26-25(27,28)20-11-17(22-13-30-24(31-22)21(29)14-32)9-10-23(20)34-19-8-4-7-18(12-19)33-15-16-5-2-1-3-6-16/h1-13,21,32H,14-15,29H2,(H,30,31)/t21-/m0/s1. The molecule has 0 bridgehead atoms. The number of aliphatic hydroxyl groups excluding tert-OH is 1. The number of imidazole rings is 1. The highest BCUT2D eigenvalue weighted by molar-refractivity contribution is 7.99. The highest BCUT2D eigenvalue weighted by Gasteiger charge is 2.34. The first kappa shape index (κ1) is 23.9. The summed E-state index contributed by atoms with van der Waals surface area (Å²) in [6, 6.07) is 20.0. The Kier molecular flexibility index (Phi) is 7.26. The summed E-state index contributed by atoms with van der Waals surface area (Å²) >= 11 is 1.02. The molecular formula is C25H22F3N3O2S. The topological polar surface area (TPSA) is 84.2 Å². The van der Waals surface area contributed by atoms with E-state index in [1.165, 1.54) is 12.3 Å². The Morgan fingerprint density at radius 1 is 1.03 bits per heavy atom. The number of alkyl halides is 3. The quantitative estimate of drug-likeness (QED) is 0.293. The molecule has 0 aliphatic rings. The van der Waals surface area contributed by atoms with Gasteiger partial charge in [0.2, 0.25) is 0 Å². The Morgan fingerprint density at radius 3 is 2.56 bits per heavy atom. The van der Waals surface area contributed by atoms with E-state index in [9.17, 15) is 13.2 Å². The van der Waals surface area contributed by atoms with E-state index < -0.39 is 17.8 Å². The first-order valence-electron chi connectivity index (χ1n) is 10.4. The molecule has 0 unspecified atom stereocenters. The monoisotopic (exact) mass is 485 g/mol. The molecule has 4 rings (SSSR count). The number of aliphatic hydroxyl groups is 1. The van der Waals surface area contributed by atoms with Crippen LogP contribution in [0.15, 0.2) is 88.8 Å². The molecule has 34 heavy (non-hydrogen) atoms. The third kappa shape index (κ3) is 5.80. The highest BCUT2D eigenvalue weighted by atomic mass is 32.2. The Morgan fingerprint density at radius 2 is 1.82 bits per heavy atom. The van der Waals surface area contributed by atoms with Crippen LogP contribution in [0, 0.1) is 0 Å². The summed E-state index contributed by atoms with van der Waals surface area (Å²) in [7, 11) is 0. The lowest BCUT2D eigenvalue weighted by atomic mass is 10.1. The van der Waals surface area contributed by atoms with Gasteiger partial charge in [0, 0.05) is 15.4 Å². The number of nitrogens with one attached hydrogen (secondary N) is 1.